The Kier molecular flexibility index (Phi) is 7.20. The average Bonchev–Trinajstić information content (AvgIpc) is 2.77. The van der Waals surface area contributed by atoms with E-state index in [9.17, 15) is 18.0 Å². The van der Waals surface area contributed by atoms with E-state index in [0.29, 0.717) is 5.69 Å². The first-order valence-electron chi connectivity index (χ1n) is 9.68. The molecule has 0 atom stereocenters. The lowest BCUT2D eigenvalue weighted by atomic mass is 9.89. The second-order valence-corrected chi connectivity index (χ2v) is 9.10. The molecule has 31 heavy (non-hydrogen) atoms. The SMILES string of the molecule is CS(=O)(=O)c1ccc(NC(=O)COC(=O)CC(c2ccccc2)c2ccccc2)cc1. The van der Waals surface area contributed by atoms with Gasteiger partial charge in [0, 0.05) is 17.9 Å². The Morgan fingerprint density at radius 2 is 1.35 bits per heavy atom. The van der Waals surface area contributed by atoms with Crippen molar-refractivity contribution in [2.75, 3.05) is 18.2 Å². The Morgan fingerprint density at radius 1 is 0.839 bits per heavy atom. The van der Waals surface area contributed by atoms with Gasteiger partial charge in [-0.15, -0.1) is 0 Å². The first-order valence-corrected chi connectivity index (χ1v) is 11.6. The van der Waals surface area contributed by atoms with Gasteiger partial charge in [0.2, 0.25) is 0 Å². The summed E-state index contributed by atoms with van der Waals surface area (Å²) in [5, 5.41) is 2.58. The fourth-order valence-corrected chi connectivity index (χ4v) is 3.78. The molecule has 6 nitrogen and oxygen atoms in total. The van der Waals surface area contributed by atoms with Crippen molar-refractivity contribution in [3.8, 4) is 0 Å². The number of ether oxygens (including phenoxy) is 1. The molecule has 0 saturated heterocycles. The quantitative estimate of drug-likeness (QED) is 0.542. The van der Waals surface area contributed by atoms with E-state index >= 15 is 0 Å². The fourth-order valence-electron chi connectivity index (χ4n) is 3.15. The average molecular weight is 438 g/mol. The lowest BCUT2D eigenvalue weighted by Gasteiger charge is -2.17. The zero-order chi connectivity index (χ0) is 22.3. The molecule has 1 amide bonds. The van der Waals surface area contributed by atoms with E-state index in [1.165, 1.54) is 24.3 Å². The number of rotatable bonds is 8. The number of esters is 1. The van der Waals surface area contributed by atoms with Crippen LogP contribution in [0.2, 0.25) is 0 Å². The Labute approximate surface area is 181 Å². The molecule has 0 radical (unpaired) electrons. The van der Waals surface area contributed by atoms with Crippen molar-refractivity contribution in [1.29, 1.82) is 0 Å². The van der Waals surface area contributed by atoms with Gasteiger partial charge >= 0.3 is 5.97 Å². The van der Waals surface area contributed by atoms with Crippen molar-refractivity contribution >= 4 is 27.4 Å². The molecule has 0 bridgehead atoms. The molecule has 3 aromatic carbocycles. The van der Waals surface area contributed by atoms with Crippen LogP contribution in [0.4, 0.5) is 5.69 Å². The van der Waals surface area contributed by atoms with Gasteiger partial charge in [0.05, 0.1) is 11.3 Å². The van der Waals surface area contributed by atoms with Crippen molar-refractivity contribution in [1.82, 2.24) is 0 Å². The number of amides is 1. The van der Waals surface area contributed by atoms with E-state index in [0.717, 1.165) is 17.4 Å². The molecule has 0 aliphatic rings. The van der Waals surface area contributed by atoms with Crippen LogP contribution in [0.25, 0.3) is 0 Å². The van der Waals surface area contributed by atoms with E-state index in [1.54, 1.807) is 0 Å². The van der Waals surface area contributed by atoms with E-state index in [-0.39, 0.29) is 17.2 Å². The highest BCUT2D eigenvalue weighted by Crippen LogP contribution is 2.28. The summed E-state index contributed by atoms with van der Waals surface area (Å²) in [6.07, 6.45) is 1.21. The molecule has 3 rings (SSSR count). The lowest BCUT2D eigenvalue weighted by Crippen LogP contribution is -2.22. The van der Waals surface area contributed by atoms with Gasteiger partial charge in [-0.1, -0.05) is 60.7 Å². The molecule has 1 N–H and O–H groups in total. The highest BCUT2D eigenvalue weighted by atomic mass is 32.2. The third-order valence-corrected chi connectivity index (χ3v) is 5.83. The Hall–Kier alpha value is -3.45. The van der Waals surface area contributed by atoms with Crippen LogP contribution in [0, 0.1) is 0 Å². The van der Waals surface area contributed by atoms with Crippen LogP contribution >= 0.6 is 0 Å². The van der Waals surface area contributed by atoms with Gasteiger partial charge in [-0.2, -0.15) is 0 Å². The van der Waals surface area contributed by atoms with Gasteiger partial charge in [-0.3, -0.25) is 9.59 Å². The van der Waals surface area contributed by atoms with Crippen LogP contribution < -0.4 is 5.32 Å². The number of nitrogens with one attached hydrogen (secondary N) is 1. The predicted octanol–water partition coefficient (Wildman–Crippen LogP) is 3.79. The second kappa shape index (κ2) is 10.0. The van der Waals surface area contributed by atoms with Crippen LogP contribution in [0.3, 0.4) is 0 Å². The normalized spacial score (nSPS) is 11.2. The number of carbonyl (C=O) groups excluding carboxylic acids is 2. The number of hydrogen-bond donors (Lipinski definition) is 1. The topological polar surface area (TPSA) is 89.5 Å². The van der Waals surface area contributed by atoms with Crippen molar-refractivity contribution in [2.45, 2.75) is 17.2 Å². The van der Waals surface area contributed by atoms with Crippen molar-refractivity contribution in [2.24, 2.45) is 0 Å². The number of benzene rings is 3. The second-order valence-electron chi connectivity index (χ2n) is 7.08. The zero-order valence-electron chi connectivity index (χ0n) is 17.0. The molecule has 0 aromatic heterocycles. The van der Waals surface area contributed by atoms with Crippen LogP contribution in [0.15, 0.2) is 89.8 Å². The smallest absolute Gasteiger partial charge is 0.307 e. The van der Waals surface area contributed by atoms with Gasteiger partial charge in [0.1, 0.15) is 0 Å². The Morgan fingerprint density at radius 3 is 1.84 bits per heavy atom. The summed E-state index contributed by atoms with van der Waals surface area (Å²) in [5.41, 5.74) is 2.39. The summed E-state index contributed by atoms with van der Waals surface area (Å²) in [6, 6.07) is 25.1. The summed E-state index contributed by atoms with van der Waals surface area (Å²) >= 11 is 0. The number of carbonyl (C=O) groups is 2. The molecule has 7 heteroatoms. The minimum Gasteiger partial charge on any atom is -0.456 e. The molecule has 0 heterocycles. The van der Waals surface area contributed by atoms with Crippen molar-refractivity contribution < 1.29 is 22.7 Å². The van der Waals surface area contributed by atoms with Gasteiger partial charge in [-0.05, 0) is 35.4 Å². The van der Waals surface area contributed by atoms with Crippen LogP contribution in [0.1, 0.15) is 23.5 Å². The maximum absolute atomic E-state index is 12.4. The summed E-state index contributed by atoms with van der Waals surface area (Å²) < 4.78 is 28.2. The molecule has 0 saturated carbocycles. The number of anilines is 1. The molecule has 0 fully saturated rings. The minimum absolute atomic E-state index is 0.102. The zero-order valence-corrected chi connectivity index (χ0v) is 17.8. The Bertz CT molecular complexity index is 1090. The maximum atomic E-state index is 12.4. The summed E-state index contributed by atoms with van der Waals surface area (Å²) in [7, 11) is -3.31. The minimum atomic E-state index is -3.31. The molecule has 3 aromatic rings. The van der Waals surface area contributed by atoms with E-state index in [1.807, 2.05) is 60.7 Å². The molecule has 0 unspecified atom stereocenters. The Balaban J connectivity index is 1.58. The standard InChI is InChI=1S/C24H23NO5S/c1-31(28,29)21-14-12-20(13-15-21)25-23(26)17-30-24(27)16-22(18-8-4-2-5-9-18)19-10-6-3-7-11-19/h2-15,22H,16-17H2,1H3,(H,25,26). The van der Waals surface area contributed by atoms with E-state index < -0.39 is 28.3 Å². The predicted molar refractivity (Wildman–Crippen MR) is 118 cm³/mol. The molecule has 160 valence electrons. The third kappa shape index (κ3) is 6.52. The third-order valence-electron chi connectivity index (χ3n) is 4.71. The molecular formula is C24H23NO5S. The van der Waals surface area contributed by atoms with E-state index in [2.05, 4.69) is 5.32 Å². The largest absolute Gasteiger partial charge is 0.456 e. The maximum Gasteiger partial charge on any atom is 0.307 e. The van der Waals surface area contributed by atoms with Gasteiger partial charge in [0.15, 0.2) is 16.4 Å². The first kappa shape index (κ1) is 22.2. The number of hydrogen-bond acceptors (Lipinski definition) is 5. The van der Waals surface area contributed by atoms with Gasteiger partial charge in [0.25, 0.3) is 5.91 Å². The fraction of sp³-hybridized carbons (Fsp3) is 0.167. The molecule has 0 spiro atoms. The highest BCUT2D eigenvalue weighted by molar-refractivity contribution is 7.90. The summed E-state index contributed by atoms with van der Waals surface area (Å²) in [5.74, 6) is -1.17. The first-order chi connectivity index (χ1) is 14.8. The van der Waals surface area contributed by atoms with Crippen molar-refractivity contribution in [3.63, 3.8) is 0 Å². The monoisotopic (exact) mass is 437 g/mol. The van der Waals surface area contributed by atoms with Crippen LogP contribution in [-0.2, 0) is 24.2 Å². The van der Waals surface area contributed by atoms with Crippen LogP contribution in [-0.4, -0.2) is 33.2 Å². The number of sulfone groups is 1. The summed E-state index contributed by atoms with van der Waals surface area (Å²) in [4.78, 5) is 24.7. The molecule has 0 aliphatic carbocycles. The molecule has 0 aliphatic heterocycles. The summed E-state index contributed by atoms with van der Waals surface area (Å²) in [6.45, 7) is -0.428. The van der Waals surface area contributed by atoms with Gasteiger partial charge < -0.3 is 10.1 Å². The molecular weight excluding hydrogens is 414 g/mol. The van der Waals surface area contributed by atoms with Crippen molar-refractivity contribution in [3.05, 3.63) is 96.1 Å². The van der Waals surface area contributed by atoms with E-state index in [4.69, 9.17) is 4.74 Å². The van der Waals surface area contributed by atoms with Gasteiger partial charge in [-0.25, -0.2) is 8.42 Å². The lowest BCUT2D eigenvalue weighted by molar-refractivity contribution is -0.147. The highest BCUT2D eigenvalue weighted by Gasteiger charge is 2.19. The van der Waals surface area contributed by atoms with Crippen LogP contribution in [0.5, 0.6) is 0 Å².